The van der Waals surface area contributed by atoms with Crippen LogP contribution in [0.1, 0.15) is 42.9 Å². The molecule has 2 N–H and O–H groups in total. The lowest BCUT2D eigenvalue weighted by molar-refractivity contribution is -0.137. The van der Waals surface area contributed by atoms with Crippen molar-refractivity contribution in [1.29, 1.82) is 0 Å². The van der Waals surface area contributed by atoms with Crippen LogP contribution in [-0.4, -0.2) is 32.7 Å². The molecule has 4 aromatic rings. The molecule has 0 saturated heterocycles. The number of carboxylic acid groups (broad SMARTS) is 1. The zero-order valence-corrected chi connectivity index (χ0v) is 20.9. The van der Waals surface area contributed by atoms with Crippen LogP contribution >= 0.6 is 11.6 Å². The van der Waals surface area contributed by atoms with Gasteiger partial charge in [0.15, 0.2) is 0 Å². The van der Waals surface area contributed by atoms with E-state index in [0.717, 1.165) is 10.9 Å². The Hall–Kier alpha value is -4.30. The molecule has 0 aliphatic carbocycles. The fourth-order valence-electron chi connectivity index (χ4n) is 4.78. The third-order valence-electron chi connectivity index (χ3n) is 6.55. The molecular formula is C29H23ClFN3O4. The van der Waals surface area contributed by atoms with Gasteiger partial charge < -0.3 is 10.1 Å². The lowest BCUT2D eigenvalue weighted by Gasteiger charge is -2.22. The monoisotopic (exact) mass is 531 g/mol. The van der Waals surface area contributed by atoms with E-state index in [4.69, 9.17) is 16.7 Å². The van der Waals surface area contributed by atoms with Crippen molar-refractivity contribution in [2.45, 2.75) is 31.7 Å². The number of hydrogen-bond donors (Lipinski definition) is 2. The number of rotatable bonds is 7. The van der Waals surface area contributed by atoms with Crippen LogP contribution in [0.3, 0.4) is 0 Å². The van der Waals surface area contributed by atoms with E-state index >= 15 is 0 Å². The molecule has 1 aromatic heterocycles. The summed E-state index contributed by atoms with van der Waals surface area (Å²) < 4.78 is 13.7. The Morgan fingerprint density at radius 1 is 1.00 bits per heavy atom. The Labute approximate surface area is 222 Å². The van der Waals surface area contributed by atoms with Gasteiger partial charge in [0, 0.05) is 40.8 Å². The van der Waals surface area contributed by atoms with Gasteiger partial charge in [0.1, 0.15) is 5.82 Å². The Morgan fingerprint density at radius 2 is 1.71 bits per heavy atom. The molecule has 5 rings (SSSR count). The molecule has 2 heterocycles. The van der Waals surface area contributed by atoms with Crippen molar-refractivity contribution >= 4 is 40.1 Å². The number of aromatic nitrogens is 1. The number of para-hydroxylation sites is 1. The van der Waals surface area contributed by atoms with Crippen molar-refractivity contribution in [3.8, 4) is 11.1 Å². The first-order valence-corrected chi connectivity index (χ1v) is 12.5. The quantitative estimate of drug-likeness (QED) is 0.309. The first-order valence-electron chi connectivity index (χ1n) is 12.1. The van der Waals surface area contributed by atoms with Gasteiger partial charge in [-0.05, 0) is 47.9 Å². The SMILES string of the molecule is O=C(O)CCCC(=O)N1N=C(c2c(-c3ccc(Cl)cc3)c3ccccc3[nH]c2=O)C[C@@H]1c1ccc(F)cc1. The number of nitrogens with one attached hydrogen (secondary N) is 1. The van der Waals surface area contributed by atoms with Crippen molar-refractivity contribution < 1.29 is 19.1 Å². The standard InChI is InChI=1S/C29H23ClFN3O4/c30-19-12-8-18(9-13-19)27-21-4-1-2-5-22(21)32-29(38)28(27)23-16-24(17-10-14-20(31)15-11-17)34(33-23)25(35)6-3-7-26(36)37/h1-2,4-5,8-15,24H,3,6-7,16H2,(H,32,38)(H,36,37)/t24-/m1/s1. The van der Waals surface area contributed by atoms with E-state index in [-0.39, 0.29) is 37.1 Å². The zero-order chi connectivity index (χ0) is 26.8. The van der Waals surface area contributed by atoms with E-state index in [1.165, 1.54) is 17.1 Å². The van der Waals surface area contributed by atoms with E-state index in [0.29, 0.717) is 32.9 Å². The summed E-state index contributed by atoms with van der Waals surface area (Å²) in [6, 6.07) is 19.8. The number of benzene rings is 3. The summed E-state index contributed by atoms with van der Waals surface area (Å²) >= 11 is 6.13. The highest BCUT2D eigenvalue weighted by Gasteiger charge is 2.35. The minimum absolute atomic E-state index is 0.0289. The number of aliphatic carboxylic acids is 1. The largest absolute Gasteiger partial charge is 0.481 e. The maximum absolute atomic E-state index is 13.7. The smallest absolute Gasteiger partial charge is 0.303 e. The minimum atomic E-state index is -0.992. The summed E-state index contributed by atoms with van der Waals surface area (Å²) in [4.78, 5) is 40.6. The molecule has 1 aliphatic heterocycles. The molecule has 9 heteroatoms. The molecule has 7 nitrogen and oxygen atoms in total. The molecule has 1 amide bonds. The van der Waals surface area contributed by atoms with Gasteiger partial charge in [0.2, 0.25) is 5.91 Å². The van der Waals surface area contributed by atoms with E-state index in [9.17, 15) is 18.8 Å². The summed E-state index contributed by atoms with van der Waals surface area (Å²) in [5, 5.41) is 16.2. The number of carbonyl (C=O) groups is 2. The van der Waals surface area contributed by atoms with Crippen molar-refractivity contribution in [1.82, 2.24) is 9.99 Å². The van der Waals surface area contributed by atoms with Crippen molar-refractivity contribution in [2.75, 3.05) is 0 Å². The van der Waals surface area contributed by atoms with Gasteiger partial charge in [-0.1, -0.05) is 54.1 Å². The Kier molecular flexibility index (Phi) is 7.07. The first-order chi connectivity index (χ1) is 18.3. The van der Waals surface area contributed by atoms with Gasteiger partial charge in [0.05, 0.1) is 17.3 Å². The number of halogens is 2. The van der Waals surface area contributed by atoms with Crippen LogP contribution in [0.15, 0.2) is 82.7 Å². The summed E-state index contributed by atoms with van der Waals surface area (Å²) in [7, 11) is 0. The fourth-order valence-corrected chi connectivity index (χ4v) is 4.90. The van der Waals surface area contributed by atoms with Crippen LogP contribution < -0.4 is 5.56 Å². The number of pyridine rings is 1. The highest BCUT2D eigenvalue weighted by atomic mass is 35.5. The number of hydrogen-bond acceptors (Lipinski definition) is 4. The normalized spacial score (nSPS) is 15.1. The van der Waals surface area contributed by atoms with Crippen molar-refractivity contribution in [3.05, 3.63) is 105 Å². The lowest BCUT2D eigenvalue weighted by Crippen LogP contribution is -2.27. The Morgan fingerprint density at radius 3 is 2.42 bits per heavy atom. The number of hydrazone groups is 1. The Bertz CT molecular complexity index is 1610. The topological polar surface area (TPSA) is 103 Å². The predicted octanol–water partition coefficient (Wildman–Crippen LogP) is 5.92. The van der Waals surface area contributed by atoms with Crippen LogP contribution in [0.2, 0.25) is 5.02 Å². The van der Waals surface area contributed by atoms with Crippen LogP contribution in [0, 0.1) is 5.82 Å². The molecule has 192 valence electrons. The summed E-state index contributed by atoms with van der Waals surface area (Å²) in [6.45, 7) is 0. The molecule has 3 aromatic carbocycles. The number of fused-ring (bicyclic) bond motifs is 1. The molecule has 0 saturated carbocycles. The van der Waals surface area contributed by atoms with Crippen molar-refractivity contribution in [3.63, 3.8) is 0 Å². The number of carbonyl (C=O) groups excluding carboxylic acids is 1. The summed E-state index contributed by atoms with van der Waals surface area (Å²) in [5.41, 5.74) is 3.12. The zero-order valence-electron chi connectivity index (χ0n) is 20.2. The van der Waals surface area contributed by atoms with Gasteiger partial charge in [-0.2, -0.15) is 5.10 Å². The number of aromatic amines is 1. The van der Waals surface area contributed by atoms with Gasteiger partial charge in [-0.15, -0.1) is 0 Å². The summed E-state index contributed by atoms with van der Waals surface area (Å²) in [6.07, 6.45) is 0.192. The molecule has 0 radical (unpaired) electrons. The molecular weight excluding hydrogens is 509 g/mol. The second-order valence-electron chi connectivity index (χ2n) is 9.06. The average Bonchev–Trinajstić information content (AvgIpc) is 3.34. The van der Waals surface area contributed by atoms with Crippen LogP contribution in [0.25, 0.3) is 22.0 Å². The Balaban J connectivity index is 1.64. The third-order valence-corrected chi connectivity index (χ3v) is 6.80. The molecule has 1 atom stereocenters. The fraction of sp³-hybridized carbons (Fsp3) is 0.172. The predicted molar refractivity (Wildman–Crippen MR) is 144 cm³/mol. The van der Waals surface area contributed by atoms with Crippen LogP contribution in [-0.2, 0) is 9.59 Å². The first kappa shape index (κ1) is 25.4. The molecule has 0 spiro atoms. The van der Waals surface area contributed by atoms with Crippen molar-refractivity contribution in [2.24, 2.45) is 5.10 Å². The number of nitrogens with zero attached hydrogens (tertiary/aromatic N) is 2. The highest BCUT2D eigenvalue weighted by Crippen LogP contribution is 2.37. The van der Waals surface area contributed by atoms with E-state index < -0.39 is 17.8 Å². The molecule has 0 bridgehead atoms. The number of carboxylic acids is 1. The molecule has 0 fully saturated rings. The molecule has 38 heavy (non-hydrogen) atoms. The second kappa shape index (κ2) is 10.6. The van der Waals surface area contributed by atoms with Gasteiger partial charge >= 0.3 is 5.97 Å². The average molecular weight is 532 g/mol. The maximum Gasteiger partial charge on any atom is 0.303 e. The summed E-state index contributed by atoms with van der Waals surface area (Å²) in [5.74, 6) is -1.78. The lowest BCUT2D eigenvalue weighted by atomic mass is 9.91. The number of amides is 1. The van der Waals surface area contributed by atoms with Gasteiger partial charge in [0.25, 0.3) is 5.56 Å². The van der Waals surface area contributed by atoms with E-state index in [1.807, 2.05) is 36.4 Å². The molecule has 1 aliphatic rings. The van der Waals surface area contributed by atoms with E-state index in [2.05, 4.69) is 10.1 Å². The maximum atomic E-state index is 13.7. The van der Waals surface area contributed by atoms with Gasteiger partial charge in [-0.3, -0.25) is 14.4 Å². The molecule has 0 unspecified atom stereocenters. The van der Waals surface area contributed by atoms with Gasteiger partial charge in [-0.25, -0.2) is 9.40 Å². The van der Waals surface area contributed by atoms with E-state index in [1.54, 1.807) is 24.3 Å². The number of H-pyrrole nitrogens is 1. The second-order valence-corrected chi connectivity index (χ2v) is 9.50. The third kappa shape index (κ3) is 5.08. The van der Waals surface area contributed by atoms with Crippen LogP contribution in [0.5, 0.6) is 0 Å². The minimum Gasteiger partial charge on any atom is -0.481 e. The highest BCUT2D eigenvalue weighted by molar-refractivity contribution is 6.30. The van der Waals surface area contributed by atoms with Crippen LogP contribution in [0.4, 0.5) is 4.39 Å².